The van der Waals surface area contributed by atoms with Gasteiger partial charge in [-0.2, -0.15) is 0 Å². The minimum Gasteiger partial charge on any atom is -0.508 e. The molecule has 0 bridgehead atoms. The van der Waals surface area contributed by atoms with Gasteiger partial charge in [-0.25, -0.2) is 4.39 Å². The Morgan fingerprint density at radius 3 is 2.73 bits per heavy atom. The highest BCUT2D eigenvalue weighted by atomic mass is 19.1. The predicted octanol–water partition coefficient (Wildman–Crippen LogP) is 3.69. The van der Waals surface area contributed by atoms with E-state index in [1.807, 2.05) is 23.6 Å². The van der Waals surface area contributed by atoms with E-state index in [2.05, 4.69) is 5.32 Å². The summed E-state index contributed by atoms with van der Waals surface area (Å²) in [7, 11) is 1.43. The first-order valence-corrected chi connectivity index (χ1v) is 8.32. The van der Waals surface area contributed by atoms with E-state index in [0.29, 0.717) is 6.54 Å². The van der Waals surface area contributed by atoms with Crippen LogP contribution in [-0.2, 0) is 11.3 Å². The van der Waals surface area contributed by atoms with Crippen LogP contribution >= 0.6 is 0 Å². The van der Waals surface area contributed by atoms with Crippen molar-refractivity contribution in [1.82, 2.24) is 9.88 Å². The second kappa shape index (κ2) is 7.07. The number of phenols is 1. The molecule has 0 fully saturated rings. The number of phenolic OH excluding ortho intramolecular Hbond substituents is 1. The van der Waals surface area contributed by atoms with Gasteiger partial charge in [-0.05, 0) is 49.4 Å². The smallest absolute Gasteiger partial charge is 0.217 e. The second-order valence-electron chi connectivity index (χ2n) is 6.33. The van der Waals surface area contributed by atoms with Crippen LogP contribution < -0.4 is 10.1 Å². The maximum Gasteiger partial charge on any atom is 0.217 e. The molecule has 6 heteroatoms. The van der Waals surface area contributed by atoms with Gasteiger partial charge in [0, 0.05) is 41.7 Å². The van der Waals surface area contributed by atoms with Crippen molar-refractivity contribution in [1.29, 1.82) is 0 Å². The van der Waals surface area contributed by atoms with Gasteiger partial charge in [-0.3, -0.25) is 4.79 Å². The van der Waals surface area contributed by atoms with Crippen LogP contribution in [0.3, 0.4) is 0 Å². The first kappa shape index (κ1) is 17.8. The molecule has 1 amide bonds. The fourth-order valence-electron chi connectivity index (χ4n) is 3.18. The monoisotopic (exact) mass is 356 g/mol. The van der Waals surface area contributed by atoms with E-state index in [0.717, 1.165) is 22.2 Å². The van der Waals surface area contributed by atoms with Crippen molar-refractivity contribution in [3.63, 3.8) is 0 Å². The molecule has 0 saturated carbocycles. The van der Waals surface area contributed by atoms with Crippen LogP contribution in [-0.4, -0.2) is 28.7 Å². The Bertz CT molecular complexity index is 965. The third-order valence-electron chi connectivity index (χ3n) is 4.24. The summed E-state index contributed by atoms with van der Waals surface area (Å²) in [5.74, 6) is -0.190. The highest BCUT2D eigenvalue weighted by Crippen LogP contribution is 2.33. The molecule has 1 unspecified atom stereocenters. The first-order chi connectivity index (χ1) is 12.4. The van der Waals surface area contributed by atoms with Crippen LogP contribution in [0.2, 0.25) is 0 Å². The number of methoxy groups -OCH3 is 1. The molecule has 0 spiro atoms. The van der Waals surface area contributed by atoms with E-state index in [-0.39, 0.29) is 23.4 Å². The van der Waals surface area contributed by atoms with E-state index >= 15 is 0 Å². The zero-order valence-corrected chi connectivity index (χ0v) is 14.9. The number of amides is 1. The standard InChI is InChI=1S/C20H21FN2O3/c1-12(22-13(2)24)11-23-18-7-5-16(25)8-15(18)9-19(23)14-4-6-17(21)20(10-14)26-3/h4-10,12,25H,11H2,1-3H3,(H,22,24). The highest BCUT2D eigenvalue weighted by molar-refractivity contribution is 5.88. The van der Waals surface area contributed by atoms with Crippen LogP contribution in [0.4, 0.5) is 4.39 Å². The van der Waals surface area contributed by atoms with E-state index in [1.165, 1.54) is 20.1 Å². The summed E-state index contributed by atoms with van der Waals surface area (Å²) in [5.41, 5.74) is 2.55. The van der Waals surface area contributed by atoms with E-state index in [9.17, 15) is 14.3 Å². The molecule has 1 aromatic heterocycles. The maximum atomic E-state index is 13.8. The molecule has 3 aromatic rings. The largest absolute Gasteiger partial charge is 0.508 e. The number of rotatable bonds is 5. The molecule has 136 valence electrons. The Hall–Kier alpha value is -3.02. The van der Waals surface area contributed by atoms with Gasteiger partial charge >= 0.3 is 0 Å². The topological polar surface area (TPSA) is 63.5 Å². The average molecular weight is 356 g/mol. The molecule has 0 aliphatic rings. The number of ether oxygens (including phenoxy) is 1. The number of hydrogen-bond acceptors (Lipinski definition) is 3. The molecule has 1 heterocycles. The number of nitrogens with zero attached hydrogens (tertiary/aromatic N) is 1. The van der Waals surface area contributed by atoms with Gasteiger partial charge in [-0.1, -0.05) is 0 Å². The summed E-state index contributed by atoms with van der Waals surface area (Å²) in [5, 5.41) is 13.5. The number of carbonyl (C=O) groups is 1. The van der Waals surface area contributed by atoms with Gasteiger partial charge < -0.3 is 19.7 Å². The number of carbonyl (C=O) groups excluding carboxylic acids is 1. The molecular weight excluding hydrogens is 335 g/mol. The lowest BCUT2D eigenvalue weighted by molar-refractivity contribution is -0.119. The maximum absolute atomic E-state index is 13.8. The third-order valence-corrected chi connectivity index (χ3v) is 4.24. The van der Waals surface area contributed by atoms with Crippen molar-refractivity contribution < 1.29 is 19.0 Å². The summed E-state index contributed by atoms with van der Waals surface area (Å²) in [6.07, 6.45) is 0. The average Bonchev–Trinajstić information content (AvgIpc) is 2.92. The molecule has 2 aromatic carbocycles. The van der Waals surface area contributed by atoms with Gasteiger partial charge in [0.15, 0.2) is 11.6 Å². The molecular formula is C20H21FN2O3. The van der Waals surface area contributed by atoms with Crippen molar-refractivity contribution in [2.75, 3.05) is 7.11 Å². The van der Waals surface area contributed by atoms with Crippen molar-refractivity contribution in [2.24, 2.45) is 0 Å². The van der Waals surface area contributed by atoms with E-state index in [4.69, 9.17) is 4.74 Å². The molecule has 0 aliphatic heterocycles. The fourth-order valence-corrected chi connectivity index (χ4v) is 3.18. The van der Waals surface area contributed by atoms with Crippen molar-refractivity contribution in [3.8, 4) is 22.8 Å². The third kappa shape index (κ3) is 3.49. The summed E-state index contributed by atoms with van der Waals surface area (Å²) in [6.45, 7) is 3.93. The number of halogens is 1. The van der Waals surface area contributed by atoms with Crippen molar-refractivity contribution >= 4 is 16.8 Å². The SMILES string of the molecule is COc1cc(-c2cc3cc(O)ccc3n2CC(C)NC(C)=O)ccc1F. The van der Waals surface area contributed by atoms with Crippen LogP contribution in [0, 0.1) is 5.82 Å². The number of aromatic nitrogens is 1. The summed E-state index contributed by atoms with van der Waals surface area (Å²) >= 11 is 0. The Kier molecular flexibility index (Phi) is 4.84. The summed E-state index contributed by atoms with van der Waals surface area (Å²) in [6, 6.07) is 11.7. The summed E-state index contributed by atoms with van der Waals surface area (Å²) in [4.78, 5) is 11.4. The molecule has 5 nitrogen and oxygen atoms in total. The Morgan fingerprint density at radius 1 is 1.27 bits per heavy atom. The van der Waals surface area contributed by atoms with Gasteiger partial charge in [0.2, 0.25) is 5.91 Å². The Labute approximate surface area is 151 Å². The number of aromatic hydroxyl groups is 1. The zero-order valence-electron chi connectivity index (χ0n) is 14.9. The predicted molar refractivity (Wildman–Crippen MR) is 98.8 cm³/mol. The highest BCUT2D eigenvalue weighted by Gasteiger charge is 2.16. The summed E-state index contributed by atoms with van der Waals surface area (Å²) < 4.78 is 20.9. The van der Waals surface area contributed by atoms with Crippen LogP contribution in [0.5, 0.6) is 11.5 Å². The molecule has 2 N–H and O–H groups in total. The normalized spacial score (nSPS) is 12.2. The fraction of sp³-hybridized carbons (Fsp3) is 0.250. The second-order valence-corrected chi connectivity index (χ2v) is 6.33. The Morgan fingerprint density at radius 2 is 2.04 bits per heavy atom. The van der Waals surface area contributed by atoms with E-state index in [1.54, 1.807) is 24.3 Å². The lowest BCUT2D eigenvalue weighted by Gasteiger charge is -2.18. The lowest BCUT2D eigenvalue weighted by Crippen LogP contribution is -2.34. The molecule has 1 atom stereocenters. The molecule has 0 saturated heterocycles. The van der Waals surface area contributed by atoms with Gasteiger partial charge in [0.1, 0.15) is 5.75 Å². The molecule has 0 aliphatic carbocycles. The quantitative estimate of drug-likeness (QED) is 0.733. The first-order valence-electron chi connectivity index (χ1n) is 8.32. The van der Waals surface area contributed by atoms with Gasteiger partial charge in [0.25, 0.3) is 0 Å². The van der Waals surface area contributed by atoms with Gasteiger partial charge in [-0.15, -0.1) is 0 Å². The zero-order chi connectivity index (χ0) is 18.8. The molecule has 3 rings (SSSR count). The molecule has 0 radical (unpaired) electrons. The van der Waals surface area contributed by atoms with E-state index < -0.39 is 5.82 Å². The number of fused-ring (bicyclic) bond motifs is 1. The minimum absolute atomic E-state index is 0.0991. The molecule has 26 heavy (non-hydrogen) atoms. The van der Waals surface area contributed by atoms with Crippen molar-refractivity contribution in [3.05, 3.63) is 48.3 Å². The van der Waals surface area contributed by atoms with Crippen LogP contribution in [0.25, 0.3) is 22.2 Å². The lowest BCUT2D eigenvalue weighted by atomic mass is 10.1. The number of nitrogens with one attached hydrogen (secondary N) is 1. The Balaban J connectivity index is 2.14. The van der Waals surface area contributed by atoms with Gasteiger partial charge in [0.05, 0.1) is 7.11 Å². The van der Waals surface area contributed by atoms with Crippen LogP contribution in [0.15, 0.2) is 42.5 Å². The minimum atomic E-state index is -0.428. The number of benzene rings is 2. The van der Waals surface area contributed by atoms with Crippen LogP contribution in [0.1, 0.15) is 13.8 Å². The number of hydrogen-bond donors (Lipinski definition) is 2. The van der Waals surface area contributed by atoms with Crippen molar-refractivity contribution in [2.45, 2.75) is 26.4 Å².